The van der Waals surface area contributed by atoms with Crippen molar-refractivity contribution >= 4 is 38.4 Å². The van der Waals surface area contributed by atoms with Gasteiger partial charge >= 0.3 is 0 Å². The molecule has 0 radical (unpaired) electrons. The molecule has 2 unspecified atom stereocenters. The van der Waals surface area contributed by atoms with Crippen LogP contribution in [0.15, 0.2) is 27.6 Å². The summed E-state index contributed by atoms with van der Waals surface area (Å²) in [6.07, 6.45) is 0.704. The first-order valence-electron chi connectivity index (χ1n) is 6.08. The maximum absolute atomic E-state index is 13.7. The van der Waals surface area contributed by atoms with E-state index in [1.165, 1.54) is 12.1 Å². The van der Waals surface area contributed by atoms with Gasteiger partial charge in [0.05, 0.1) is 0 Å². The standard InChI is InChI=1S/C12H16BrFN2O2S.ClH/c1-8-7-15-5-4-11(8)16-19(17,18)12-6-9(13)2-3-10(12)14;/h2-3,6,8,11,15-16H,4-5,7H2,1H3;1H. The number of hydrogen-bond acceptors (Lipinski definition) is 3. The highest BCUT2D eigenvalue weighted by Crippen LogP contribution is 2.21. The fourth-order valence-electron chi connectivity index (χ4n) is 2.14. The molecule has 0 saturated carbocycles. The molecule has 0 aromatic heterocycles. The molecule has 2 rings (SSSR count). The largest absolute Gasteiger partial charge is 0.316 e. The topological polar surface area (TPSA) is 58.2 Å². The number of halogens is 3. The minimum Gasteiger partial charge on any atom is -0.316 e. The second-order valence-electron chi connectivity index (χ2n) is 4.77. The molecule has 1 aliphatic rings. The Morgan fingerprint density at radius 2 is 2.15 bits per heavy atom. The third-order valence-electron chi connectivity index (χ3n) is 3.27. The Labute approximate surface area is 133 Å². The predicted octanol–water partition coefficient (Wildman–Crippen LogP) is 2.29. The van der Waals surface area contributed by atoms with Gasteiger partial charge in [-0.1, -0.05) is 22.9 Å². The minimum absolute atomic E-state index is 0. The van der Waals surface area contributed by atoms with Crippen molar-refractivity contribution in [1.82, 2.24) is 10.0 Å². The summed E-state index contributed by atoms with van der Waals surface area (Å²) >= 11 is 3.16. The number of nitrogens with one attached hydrogen (secondary N) is 2. The molecule has 1 heterocycles. The Bertz CT molecular complexity index is 571. The number of piperidine rings is 1. The van der Waals surface area contributed by atoms with E-state index < -0.39 is 15.8 Å². The molecule has 1 aromatic rings. The number of sulfonamides is 1. The lowest BCUT2D eigenvalue weighted by Crippen LogP contribution is -2.48. The highest BCUT2D eigenvalue weighted by Gasteiger charge is 2.28. The van der Waals surface area contributed by atoms with E-state index in [-0.39, 0.29) is 29.3 Å². The average Bonchev–Trinajstić information content (AvgIpc) is 2.35. The van der Waals surface area contributed by atoms with E-state index in [9.17, 15) is 12.8 Å². The Balaban J connectivity index is 0.00000200. The lowest BCUT2D eigenvalue weighted by atomic mass is 9.97. The van der Waals surface area contributed by atoms with Gasteiger partial charge in [0.25, 0.3) is 0 Å². The van der Waals surface area contributed by atoms with Crippen molar-refractivity contribution in [1.29, 1.82) is 0 Å². The maximum Gasteiger partial charge on any atom is 0.243 e. The highest BCUT2D eigenvalue weighted by atomic mass is 79.9. The molecule has 4 nitrogen and oxygen atoms in total. The fourth-order valence-corrected chi connectivity index (χ4v) is 4.13. The van der Waals surface area contributed by atoms with E-state index in [4.69, 9.17) is 0 Å². The first kappa shape index (κ1) is 17.8. The van der Waals surface area contributed by atoms with E-state index in [1.54, 1.807) is 0 Å². The molecule has 0 aliphatic carbocycles. The van der Waals surface area contributed by atoms with Crippen LogP contribution < -0.4 is 10.0 Å². The SMILES string of the molecule is CC1CNCCC1NS(=O)(=O)c1cc(Br)ccc1F.Cl. The van der Waals surface area contributed by atoms with Crippen LogP contribution in [0.25, 0.3) is 0 Å². The lowest BCUT2D eigenvalue weighted by molar-refractivity contribution is 0.327. The van der Waals surface area contributed by atoms with Gasteiger partial charge in [0.1, 0.15) is 10.7 Å². The van der Waals surface area contributed by atoms with Crippen LogP contribution in [-0.4, -0.2) is 27.5 Å². The maximum atomic E-state index is 13.7. The quantitative estimate of drug-likeness (QED) is 0.836. The van der Waals surface area contributed by atoms with Crippen molar-refractivity contribution in [2.24, 2.45) is 5.92 Å². The van der Waals surface area contributed by atoms with Crippen LogP contribution >= 0.6 is 28.3 Å². The van der Waals surface area contributed by atoms with Gasteiger partial charge in [-0.3, -0.25) is 0 Å². The van der Waals surface area contributed by atoms with Gasteiger partial charge in [0.2, 0.25) is 10.0 Å². The molecule has 1 fully saturated rings. The Hall–Kier alpha value is -0.210. The van der Waals surface area contributed by atoms with Gasteiger partial charge < -0.3 is 5.32 Å². The molecule has 0 bridgehead atoms. The van der Waals surface area contributed by atoms with Crippen LogP contribution in [0.1, 0.15) is 13.3 Å². The molecule has 114 valence electrons. The van der Waals surface area contributed by atoms with Crippen LogP contribution in [0.3, 0.4) is 0 Å². The summed E-state index contributed by atoms with van der Waals surface area (Å²) in [5.74, 6) is -0.559. The van der Waals surface area contributed by atoms with Gasteiger partial charge in [0.15, 0.2) is 0 Å². The van der Waals surface area contributed by atoms with Crippen LogP contribution in [-0.2, 0) is 10.0 Å². The van der Waals surface area contributed by atoms with Crippen molar-refractivity contribution in [2.75, 3.05) is 13.1 Å². The lowest BCUT2D eigenvalue weighted by Gasteiger charge is -2.30. The Morgan fingerprint density at radius 1 is 1.45 bits per heavy atom. The van der Waals surface area contributed by atoms with Crippen LogP contribution in [0.4, 0.5) is 4.39 Å². The number of benzene rings is 1. The molecule has 1 saturated heterocycles. The van der Waals surface area contributed by atoms with E-state index in [0.717, 1.165) is 19.2 Å². The van der Waals surface area contributed by atoms with Crippen LogP contribution in [0.5, 0.6) is 0 Å². The number of hydrogen-bond donors (Lipinski definition) is 2. The van der Waals surface area contributed by atoms with E-state index in [1.807, 2.05) is 6.92 Å². The molecule has 2 atom stereocenters. The summed E-state index contributed by atoms with van der Waals surface area (Å²) in [4.78, 5) is -0.312. The summed E-state index contributed by atoms with van der Waals surface area (Å²) in [6, 6.07) is 3.74. The van der Waals surface area contributed by atoms with Gasteiger partial charge in [-0.05, 0) is 43.6 Å². The van der Waals surface area contributed by atoms with Crippen molar-refractivity contribution in [3.05, 3.63) is 28.5 Å². The summed E-state index contributed by atoms with van der Waals surface area (Å²) in [7, 11) is -3.83. The molecule has 8 heteroatoms. The molecule has 0 amide bonds. The monoisotopic (exact) mass is 386 g/mol. The molecule has 1 aliphatic heterocycles. The zero-order valence-electron chi connectivity index (χ0n) is 10.9. The summed E-state index contributed by atoms with van der Waals surface area (Å²) < 4.78 is 41.3. The third kappa shape index (κ3) is 4.14. The second kappa shape index (κ2) is 7.17. The Morgan fingerprint density at radius 3 is 2.80 bits per heavy atom. The van der Waals surface area contributed by atoms with Crippen LogP contribution in [0.2, 0.25) is 0 Å². The summed E-state index contributed by atoms with van der Waals surface area (Å²) in [5.41, 5.74) is 0. The Kier molecular flexibility index (Phi) is 6.40. The molecule has 20 heavy (non-hydrogen) atoms. The van der Waals surface area contributed by atoms with Crippen molar-refractivity contribution in [2.45, 2.75) is 24.3 Å². The average molecular weight is 388 g/mol. The molecular weight excluding hydrogens is 371 g/mol. The third-order valence-corrected chi connectivity index (χ3v) is 5.27. The van der Waals surface area contributed by atoms with Gasteiger partial charge in [-0.25, -0.2) is 17.5 Å². The summed E-state index contributed by atoms with van der Waals surface area (Å²) in [6.45, 7) is 3.49. The summed E-state index contributed by atoms with van der Waals surface area (Å²) in [5, 5.41) is 3.19. The minimum atomic E-state index is -3.83. The van der Waals surface area contributed by atoms with Crippen molar-refractivity contribution in [3.8, 4) is 0 Å². The fraction of sp³-hybridized carbons (Fsp3) is 0.500. The molecule has 0 spiro atoms. The van der Waals surface area contributed by atoms with Crippen LogP contribution in [0, 0.1) is 11.7 Å². The van der Waals surface area contributed by atoms with Gasteiger partial charge in [-0.2, -0.15) is 0 Å². The highest BCUT2D eigenvalue weighted by molar-refractivity contribution is 9.10. The molecule has 1 aromatic carbocycles. The van der Waals surface area contributed by atoms with E-state index in [0.29, 0.717) is 10.9 Å². The van der Waals surface area contributed by atoms with Crippen molar-refractivity contribution in [3.63, 3.8) is 0 Å². The smallest absolute Gasteiger partial charge is 0.243 e. The molecule has 2 N–H and O–H groups in total. The zero-order chi connectivity index (χ0) is 14.0. The van der Waals surface area contributed by atoms with Gasteiger partial charge in [-0.15, -0.1) is 12.4 Å². The van der Waals surface area contributed by atoms with Crippen molar-refractivity contribution < 1.29 is 12.8 Å². The first-order valence-corrected chi connectivity index (χ1v) is 8.36. The first-order chi connectivity index (χ1) is 8.90. The molecular formula is C12H17BrClFN2O2S. The van der Waals surface area contributed by atoms with Gasteiger partial charge in [0, 0.05) is 10.5 Å². The number of rotatable bonds is 3. The normalized spacial score (nSPS) is 23.1. The second-order valence-corrected chi connectivity index (χ2v) is 7.37. The zero-order valence-corrected chi connectivity index (χ0v) is 14.1. The van der Waals surface area contributed by atoms with E-state index >= 15 is 0 Å². The predicted molar refractivity (Wildman–Crippen MR) is 82.1 cm³/mol. The van der Waals surface area contributed by atoms with E-state index in [2.05, 4.69) is 26.0 Å².